The van der Waals surface area contributed by atoms with Crippen LogP contribution in [0.3, 0.4) is 0 Å². The Bertz CT molecular complexity index is 1080. The maximum Gasteiger partial charge on any atom is 0.336 e. The number of fused-ring (bicyclic) bond motifs is 1. The van der Waals surface area contributed by atoms with Crippen LogP contribution in [-0.2, 0) is 27.7 Å². The first-order chi connectivity index (χ1) is 15.9. The first-order valence-electron chi connectivity index (χ1n) is 11.3. The fourth-order valence-corrected chi connectivity index (χ4v) is 5.07. The van der Waals surface area contributed by atoms with Crippen LogP contribution >= 0.6 is 0 Å². The molecule has 1 aromatic heterocycles. The van der Waals surface area contributed by atoms with Crippen molar-refractivity contribution < 1.29 is 19.2 Å². The Balaban J connectivity index is 1.86. The highest BCUT2D eigenvalue weighted by atomic mass is 16.6. The van der Waals surface area contributed by atoms with Gasteiger partial charge in [0.25, 0.3) is 5.69 Å². The van der Waals surface area contributed by atoms with Gasteiger partial charge in [-0.2, -0.15) is 5.10 Å². The summed E-state index contributed by atoms with van der Waals surface area (Å²) in [6.45, 7) is 2.17. The van der Waals surface area contributed by atoms with Crippen molar-refractivity contribution in [1.82, 2.24) is 9.78 Å². The number of rotatable bonds is 8. The zero-order chi connectivity index (χ0) is 23.5. The van der Waals surface area contributed by atoms with Crippen LogP contribution in [0.25, 0.3) is 0 Å². The summed E-state index contributed by atoms with van der Waals surface area (Å²) in [5.41, 5.74) is 3.11. The van der Waals surface area contributed by atoms with Gasteiger partial charge in [-0.3, -0.25) is 14.8 Å². The second-order valence-corrected chi connectivity index (χ2v) is 8.73. The van der Waals surface area contributed by atoms with Crippen molar-refractivity contribution in [2.75, 3.05) is 25.6 Å². The molecular formula is C24H30N4O5. The Morgan fingerprint density at radius 2 is 2.00 bits per heavy atom. The Labute approximate surface area is 192 Å². The molecule has 0 bridgehead atoms. The van der Waals surface area contributed by atoms with E-state index in [1.165, 1.54) is 26.0 Å². The summed E-state index contributed by atoms with van der Waals surface area (Å²) in [4.78, 5) is 24.8. The van der Waals surface area contributed by atoms with Crippen molar-refractivity contribution in [3.05, 3.63) is 62.5 Å². The molecule has 1 aliphatic carbocycles. The van der Waals surface area contributed by atoms with E-state index in [1.807, 2.05) is 7.05 Å². The van der Waals surface area contributed by atoms with Gasteiger partial charge < -0.3 is 14.8 Å². The van der Waals surface area contributed by atoms with E-state index in [-0.39, 0.29) is 18.9 Å². The molecule has 2 aromatic rings. The zero-order valence-corrected chi connectivity index (χ0v) is 19.3. The second kappa shape index (κ2) is 9.74. The minimum absolute atomic E-state index is 0.0268. The standard InChI is InChI=1S/C24H30N4O5/c1-15-20(24(29)33-13-12-32-3)21(17-10-6-7-11-19(17)28(30)31)22-18(14-16-8-4-5-9-16)26-27(2)23(22)25-15/h6-7,10-11,16,21,25H,4-5,8-9,12-14H2,1-3H3. The minimum Gasteiger partial charge on any atom is -0.460 e. The molecule has 9 heteroatoms. The van der Waals surface area contributed by atoms with Crippen LogP contribution in [0.4, 0.5) is 11.5 Å². The molecule has 1 fully saturated rings. The molecule has 1 aromatic carbocycles. The van der Waals surface area contributed by atoms with Gasteiger partial charge in [-0.25, -0.2) is 4.79 Å². The van der Waals surface area contributed by atoms with Gasteiger partial charge in [0.1, 0.15) is 12.4 Å². The second-order valence-electron chi connectivity index (χ2n) is 8.73. The van der Waals surface area contributed by atoms with Gasteiger partial charge in [-0.1, -0.05) is 43.9 Å². The SMILES string of the molecule is COCCOC(=O)C1=C(C)Nc2c(c(CC3CCCC3)nn2C)C1c1ccccc1[N+](=O)[O-]. The quantitative estimate of drug-likeness (QED) is 0.277. The summed E-state index contributed by atoms with van der Waals surface area (Å²) < 4.78 is 12.3. The molecule has 1 N–H and O–H groups in total. The van der Waals surface area contributed by atoms with E-state index in [9.17, 15) is 14.9 Å². The fraction of sp³-hybridized carbons (Fsp3) is 0.500. The Hall–Kier alpha value is -3.20. The number of para-hydroxylation sites is 1. The third-order valence-corrected chi connectivity index (χ3v) is 6.59. The summed E-state index contributed by atoms with van der Waals surface area (Å²) in [7, 11) is 3.39. The molecule has 1 unspecified atom stereocenters. The molecule has 0 spiro atoms. The lowest BCUT2D eigenvalue weighted by atomic mass is 9.79. The lowest BCUT2D eigenvalue weighted by Gasteiger charge is -2.29. The number of aromatic nitrogens is 2. The number of nitrogens with zero attached hydrogens (tertiary/aromatic N) is 3. The minimum atomic E-state index is -0.650. The number of hydrogen-bond acceptors (Lipinski definition) is 7. The number of carbonyl (C=O) groups is 1. The van der Waals surface area contributed by atoms with Crippen LogP contribution in [0, 0.1) is 16.0 Å². The van der Waals surface area contributed by atoms with Crippen LogP contribution in [-0.4, -0.2) is 41.0 Å². The van der Waals surface area contributed by atoms with E-state index >= 15 is 0 Å². The smallest absolute Gasteiger partial charge is 0.336 e. The third-order valence-electron chi connectivity index (χ3n) is 6.59. The van der Waals surface area contributed by atoms with E-state index in [1.54, 1.807) is 29.8 Å². The van der Waals surface area contributed by atoms with E-state index in [2.05, 4.69) is 5.32 Å². The van der Waals surface area contributed by atoms with Gasteiger partial charge in [0, 0.05) is 37.0 Å². The number of allylic oxidation sites excluding steroid dienone is 1. The fourth-order valence-electron chi connectivity index (χ4n) is 5.07. The molecule has 0 radical (unpaired) electrons. The average Bonchev–Trinajstić information content (AvgIpc) is 3.41. The van der Waals surface area contributed by atoms with Crippen LogP contribution in [0.5, 0.6) is 0 Å². The number of nitro groups is 1. The van der Waals surface area contributed by atoms with E-state index in [0.717, 1.165) is 36.3 Å². The van der Waals surface area contributed by atoms with Crippen molar-refractivity contribution in [3.8, 4) is 0 Å². The summed E-state index contributed by atoms with van der Waals surface area (Å²) in [6.07, 6.45) is 5.50. The van der Waals surface area contributed by atoms with Gasteiger partial charge in [0.2, 0.25) is 0 Å². The molecule has 0 saturated heterocycles. The molecule has 1 saturated carbocycles. The number of ether oxygens (including phenoxy) is 2. The highest BCUT2D eigenvalue weighted by Gasteiger charge is 2.40. The van der Waals surface area contributed by atoms with Gasteiger partial charge in [-0.05, 0) is 19.3 Å². The van der Waals surface area contributed by atoms with E-state index < -0.39 is 16.8 Å². The highest BCUT2D eigenvalue weighted by Crippen LogP contribution is 2.47. The number of nitrogens with one attached hydrogen (secondary N) is 1. The lowest BCUT2D eigenvalue weighted by Crippen LogP contribution is -2.26. The van der Waals surface area contributed by atoms with Crippen LogP contribution < -0.4 is 5.32 Å². The normalized spacial score (nSPS) is 18.2. The first kappa shape index (κ1) is 23.0. The lowest BCUT2D eigenvalue weighted by molar-refractivity contribution is -0.385. The van der Waals surface area contributed by atoms with Gasteiger partial charge >= 0.3 is 5.97 Å². The zero-order valence-electron chi connectivity index (χ0n) is 19.3. The van der Waals surface area contributed by atoms with Crippen molar-refractivity contribution >= 4 is 17.5 Å². The molecule has 2 heterocycles. The number of nitro benzene ring substituents is 1. The number of benzene rings is 1. The maximum absolute atomic E-state index is 13.2. The number of carbonyl (C=O) groups excluding carboxylic acids is 1. The molecule has 33 heavy (non-hydrogen) atoms. The summed E-state index contributed by atoms with van der Waals surface area (Å²) in [5, 5.41) is 20.1. The van der Waals surface area contributed by atoms with E-state index in [0.29, 0.717) is 22.8 Å². The Morgan fingerprint density at radius 1 is 1.27 bits per heavy atom. The number of esters is 1. The van der Waals surface area contributed by atoms with Gasteiger partial charge in [0.15, 0.2) is 0 Å². The molecule has 176 valence electrons. The Morgan fingerprint density at radius 3 is 2.70 bits per heavy atom. The van der Waals surface area contributed by atoms with Crippen molar-refractivity contribution in [2.45, 2.75) is 44.9 Å². The monoisotopic (exact) mass is 454 g/mol. The summed E-state index contributed by atoms with van der Waals surface area (Å²) in [6, 6.07) is 6.60. The predicted molar refractivity (Wildman–Crippen MR) is 123 cm³/mol. The summed E-state index contributed by atoms with van der Waals surface area (Å²) in [5.74, 6) is 0.126. The third kappa shape index (κ3) is 4.50. The summed E-state index contributed by atoms with van der Waals surface area (Å²) >= 11 is 0. The van der Waals surface area contributed by atoms with Crippen molar-refractivity contribution in [1.29, 1.82) is 0 Å². The number of methoxy groups -OCH3 is 1. The molecule has 1 atom stereocenters. The molecule has 1 aliphatic heterocycles. The van der Waals surface area contributed by atoms with Gasteiger partial charge in [0.05, 0.1) is 28.7 Å². The van der Waals surface area contributed by atoms with Crippen LogP contribution in [0.1, 0.15) is 55.3 Å². The van der Waals surface area contributed by atoms with Gasteiger partial charge in [-0.15, -0.1) is 0 Å². The van der Waals surface area contributed by atoms with E-state index in [4.69, 9.17) is 14.6 Å². The molecular weight excluding hydrogens is 424 g/mol. The predicted octanol–water partition coefficient (Wildman–Crippen LogP) is 4.08. The number of hydrogen-bond donors (Lipinski definition) is 1. The van der Waals surface area contributed by atoms with Crippen LogP contribution in [0.15, 0.2) is 35.5 Å². The van der Waals surface area contributed by atoms with Crippen molar-refractivity contribution in [3.63, 3.8) is 0 Å². The first-order valence-corrected chi connectivity index (χ1v) is 11.3. The molecule has 2 aliphatic rings. The van der Waals surface area contributed by atoms with Crippen LogP contribution in [0.2, 0.25) is 0 Å². The number of aryl methyl sites for hydroxylation is 1. The molecule has 9 nitrogen and oxygen atoms in total. The number of anilines is 1. The largest absolute Gasteiger partial charge is 0.460 e. The average molecular weight is 455 g/mol. The van der Waals surface area contributed by atoms with Crippen molar-refractivity contribution in [2.24, 2.45) is 13.0 Å². The Kier molecular flexibility index (Phi) is 6.78. The molecule has 0 amide bonds. The molecule has 4 rings (SSSR count). The topological polar surface area (TPSA) is 109 Å². The highest BCUT2D eigenvalue weighted by molar-refractivity contribution is 5.95. The maximum atomic E-state index is 13.2.